The van der Waals surface area contributed by atoms with Gasteiger partial charge in [0.05, 0.1) is 12.0 Å². The van der Waals surface area contributed by atoms with Gasteiger partial charge in [-0.1, -0.05) is 42.1 Å². The fourth-order valence-electron chi connectivity index (χ4n) is 2.57. The first-order valence-corrected chi connectivity index (χ1v) is 10.3. The van der Waals surface area contributed by atoms with Gasteiger partial charge in [0.15, 0.2) is 10.9 Å². The van der Waals surface area contributed by atoms with Gasteiger partial charge in [-0.3, -0.25) is 25.7 Å². The third-order valence-corrected chi connectivity index (χ3v) is 5.28. The van der Waals surface area contributed by atoms with Crippen LogP contribution in [0.2, 0.25) is 0 Å². The maximum atomic E-state index is 12.5. The Kier molecular flexibility index (Phi) is 7.15. The third-order valence-electron chi connectivity index (χ3n) is 4.08. The molecule has 1 amide bonds. The van der Waals surface area contributed by atoms with E-state index in [1.165, 1.54) is 31.0 Å². The average Bonchev–Trinajstić information content (AvgIpc) is 3.11. The van der Waals surface area contributed by atoms with E-state index in [0.717, 1.165) is 11.6 Å². The Morgan fingerprint density at radius 1 is 1.26 bits per heavy atom. The zero-order valence-corrected chi connectivity index (χ0v) is 18.2. The van der Waals surface area contributed by atoms with Crippen LogP contribution in [0.15, 0.2) is 53.7 Å². The lowest BCUT2D eigenvalue weighted by atomic mass is 10.2. The minimum absolute atomic E-state index is 0.00654. The molecule has 1 aromatic heterocycles. The lowest BCUT2D eigenvalue weighted by Gasteiger charge is -2.13. The van der Waals surface area contributed by atoms with Gasteiger partial charge in [-0.25, -0.2) is 4.68 Å². The number of hydrogen-bond acceptors (Lipinski definition) is 8. The number of nitro benzene ring substituents is 1. The van der Waals surface area contributed by atoms with Gasteiger partial charge in [-0.15, -0.1) is 10.2 Å². The number of thiocarbonyl (C=S) groups is 1. The van der Waals surface area contributed by atoms with E-state index in [4.69, 9.17) is 17.0 Å². The van der Waals surface area contributed by atoms with Crippen LogP contribution in [-0.2, 0) is 5.75 Å². The summed E-state index contributed by atoms with van der Waals surface area (Å²) >= 11 is 6.67. The second-order valence-corrected chi connectivity index (χ2v) is 7.53. The predicted octanol–water partition coefficient (Wildman–Crippen LogP) is 3.05. The van der Waals surface area contributed by atoms with E-state index in [-0.39, 0.29) is 22.1 Å². The Bertz CT molecular complexity index is 1120. The molecule has 2 N–H and O–H groups in total. The highest BCUT2D eigenvalue weighted by atomic mass is 32.2. The van der Waals surface area contributed by atoms with Gasteiger partial charge in [0.25, 0.3) is 5.91 Å². The topological polar surface area (TPSA) is 124 Å². The van der Waals surface area contributed by atoms with Crippen LogP contribution in [0.1, 0.15) is 21.7 Å². The van der Waals surface area contributed by atoms with Crippen molar-refractivity contribution in [2.75, 3.05) is 12.5 Å². The van der Waals surface area contributed by atoms with Gasteiger partial charge in [0.1, 0.15) is 5.82 Å². The number of ether oxygens (including phenoxy) is 1. The monoisotopic (exact) mass is 458 g/mol. The highest BCUT2D eigenvalue weighted by Crippen LogP contribution is 2.27. The second-order valence-electron chi connectivity index (χ2n) is 6.18. The second kappa shape index (κ2) is 10.00. The number of carbonyl (C=O) groups excluding carboxylic acids is 1. The average molecular weight is 459 g/mol. The number of thioether (sulfide) groups is 1. The van der Waals surface area contributed by atoms with Crippen molar-refractivity contribution in [3.63, 3.8) is 0 Å². The number of nitrogens with zero attached hydrogens (tertiary/aromatic N) is 4. The van der Waals surface area contributed by atoms with Crippen molar-refractivity contribution in [2.45, 2.75) is 17.8 Å². The number of carbonyl (C=O) groups is 1. The smallest absolute Gasteiger partial charge is 0.311 e. The quantitative estimate of drug-likeness (QED) is 0.238. The molecule has 0 aliphatic rings. The molecule has 0 fully saturated rings. The molecule has 0 spiro atoms. The minimum Gasteiger partial charge on any atom is -0.490 e. The molecule has 0 saturated heterocycles. The van der Waals surface area contributed by atoms with Crippen molar-refractivity contribution in [1.29, 1.82) is 0 Å². The van der Waals surface area contributed by atoms with Gasteiger partial charge < -0.3 is 4.74 Å². The first-order chi connectivity index (χ1) is 14.9. The molecule has 3 aromatic rings. The molecule has 0 unspecified atom stereocenters. The molecule has 0 saturated carbocycles. The zero-order chi connectivity index (χ0) is 22.4. The summed E-state index contributed by atoms with van der Waals surface area (Å²) in [5, 5.41) is 22.4. The number of benzene rings is 2. The molecule has 0 bridgehead atoms. The first kappa shape index (κ1) is 22.2. The van der Waals surface area contributed by atoms with Crippen molar-refractivity contribution >= 4 is 40.7 Å². The van der Waals surface area contributed by atoms with Crippen LogP contribution in [0, 0.1) is 17.0 Å². The standard InChI is InChI=1S/C19H18N6O4S2/c1-12-21-22-19(31-11-13-6-4-3-5-7-13)24(12)23-18(30)20-17(26)14-8-9-16(29-2)15(10-14)25(27)28/h3-10H,11H2,1-2H3,(H2,20,23,26,30). The highest BCUT2D eigenvalue weighted by Gasteiger charge is 2.19. The van der Waals surface area contributed by atoms with Crippen molar-refractivity contribution in [1.82, 2.24) is 20.2 Å². The first-order valence-electron chi connectivity index (χ1n) is 8.92. The Morgan fingerprint density at radius 2 is 2.00 bits per heavy atom. The SMILES string of the molecule is COc1ccc(C(=O)NC(=S)Nn2c(C)nnc2SCc2ccccc2)cc1[N+](=O)[O-]. The molecule has 3 rings (SSSR count). The van der Waals surface area contributed by atoms with E-state index in [1.807, 2.05) is 30.3 Å². The third kappa shape index (κ3) is 5.55. The van der Waals surface area contributed by atoms with E-state index in [1.54, 1.807) is 11.6 Å². The van der Waals surface area contributed by atoms with Crippen LogP contribution in [0.4, 0.5) is 5.69 Å². The lowest BCUT2D eigenvalue weighted by Crippen LogP contribution is -2.38. The predicted molar refractivity (Wildman–Crippen MR) is 120 cm³/mol. The van der Waals surface area contributed by atoms with E-state index in [0.29, 0.717) is 16.7 Å². The number of nitro groups is 1. The number of amides is 1. The number of aromatic nitrogens is 3. The van der Waals surface area contributed by atoms with Gasteiger partial charge in [0, 0.05) is 17.4 Å². The number of nitrogens with one attached hydrogen (secondary N) is 2. The molecule has 0 aliphatic carbocycles. The summed E-state index contributed by atoms with van der Waals surface area (Å²) in [7, 11) is 1.32. The van der Waals surface area contributed by atoms with Gasteiger partial charge in [-0.2, -0.15) is 0 Å². The van der Waals surface area contributed by atoms with Crippen LogP contribution >= 0.6 is 24.0 Å². The maximum absolute atomic E-state index is 12.5. The molecular weight excluding hydrogens is 440 g/mol. The van der Waals surface area contributed by atoms with Crippen molar-refractivity contribution < 1.29 is 14.5 Å². The van der Waals surface area contributed by atoms with E-state index >= 15 is 0 Å². The maximum Gasteiger partial charge on any atom is 0.311 e. The molecule has 1 heterocycles. The molecule has 0 aliphatic heterocycles. The largest absolute Gasteiger partial charge is 0.490 e. The fraction of sp³-hybridized carbons (Fsp3) is 0.158. The van der Waals surface area contributed by atoms with Crippen LogP contribution in [0.5, 0.6) is 5.75 Å². The lowest BCUT2D eigenvalue weighted by molar-refractivity contribution is -0.385. The van der Waals surface area contributed by atoms with Crippen LogP contribution < -0.4 is 15.5 Å². The van der Waals surface area contributed by atoms with Crippen molar-refractivity contribution in [3.8, 4) is 5.75 Å². The Labute approximate surface area is 187 Å². The molecule has 2 aromatic carbocycles. The molecule has 160 valence electrons. The summed E-state index contributed by atoms with van der Waals surface area (Å²) < 4.78 is 6.50. The summed E-state index contributed by atoms with van der Waals surface area (Å²) in [5.74, 6) is 0.678. The number of rotatable bonds is 7. The van der Waals surface area contributed by atoms with Gasteiger partial charge in [-0.05, 0) is 36.8 Å². The summed E-state index contributed by atoms with van der Waals surface area (Å²) in [4.78, 5) is 23.0. The highest BCUT2D eigenvalue weighted by molar-refractivity contribution is 7.98. The number of aryl methyl sites for hydroxylation is 1. The molecule has 0 atom stereocenters. The van der Waals surface area contributed by atoms with Crippen molar-refractivity contribution in [3.05, 3.63) is 75.6 Å². The summed E-state index contributed by atoms with van der Waals surface area (Å²) in [6.45, 7) is 1.74. The number of methoxy groups -OCH3 is 1. The van der Waals surface area contributed by atoms with Gasteiger partial charge >= 0.3 is 5.69 Å². The molecular formula is C19H18N6O4S2. The van der Waals surface area contributed by atoms with Gasteiger partial charge in [0.2, 0.25) is 5.16 Å². The Hall–Kier alpha value is -3.51. The van der Waals surface area contributed by atoms with Crippen LogP contribution in [-0.4, -0.2) is 37.9 Å². The molecule has 12 heteroatoms. The number of hydrogen-bond donors (Lipinski definition) is 2. The van der Waals surface area contributed by atoms with E-state index in [2.05, 4.69) is 20.9 Å². The summed E-state index contributed by atoms with van der Waals surface area (Å²) in [5.41, 5.74) is 3.74. The normalized spacial score (nSPS) is 10.4. The molecule has 0 radical (unpaired) electrons. The fourth-order valence-corrected chi connectivity index (χ4v) is 3.64. The van der Waals surface area contributed by atoms with E-state index in [9.17, 15) is 14.9 Å². The van der Waals surface area contributed by atoms with Crippen molar-refractivity contribution in [2.24, 2.45) is 0 Å². The van der Waals surface area contributed by atoms with Crippen LogP contribution in [0.3, 0.4) is 0 Å². The van der Waals surface area contributed by atoms with Crippen LogP contribution in [0.25, 0.3) is 0 Å². The summed E-state index contributed by atoms with van der Waals surface area (Å²) in [6, 6.07) is 13.8. The Balaban J connectivity index is 1.67. The summed E-state index contributed by atoms with van der Waals surface area (Å²) in [6.07, 6.45) is 0. The Morgan fingerprint density at radius 3 is 2.68 bits per heavy atom. The molecule has 10 nitrogen and oxygen atoms in total. The zero-order valence-electron chi connectivity index (χ0n) is 16.6. The minimum atomic E-state index is -0.622. The molecule has 31 heavy (non-hydrogen) atoms. The van der Waals surface area contributed by atoms with E-state index < -0.39 is 10.8 Å².